The van der Waals surface area contributed by atoms with Crippen LogP contribution >= 0.6 is 24.0 Å². The second-order valence-electron chi connectivity index (χ2n) is 4.97. The van der Waals surface area contributed by atoms with Crippen molar-refractivity contribution in [3.8, 4) is 0 Å². The van der Waals surface area contributed by atoms with Crippen molar-refractivity contribution in [3.05, 3.63) is 34.3 Å². The Morgan fingerprint density at radius 3 is 2.09 bits per heavy atom. The first-order valence-electron chi connectivity index (χ1n) is 6.49. The van der Waals surface area contributed by atoms with Gasteiger partial charge in [0, 0.05) is 26.2 Å². The van der Waals surface area contributed by atoms with E-state index in [1.165, 1.54) is 0 Å². The first-order valence-corrected chi connectivity index (χ1v) is 6.86. The normalized spacial score (nSPS) is 18.4. The molecule has 0 saturated carbocycles. The van der Waals surface area contributed by atoms with Crippen LogP contribution in [0.15, 0.2) is 18.2 Å². The lowest BCUT2D eigenvalue weighted by molar-refractivity contribution is -0.188. The predicted octanol–water partition coefficient (Wildman–Crippen LogP) is 4.29. The molecule has 0 aromatic heterocycles. The van der Waals surface area contributed by atoms with Crippen LogP contribution in [0, 0.1) is 0 Å². The Morgan fingerprint density at radius 1 is 1.04 bits per heavy atom. The Morgan fingerprint density at radius 2 is 1.61 bits per heavy atom. The van der Waals surface area contributed by atoms with E-state index in [4.69, 9.17) is 11.6 Å². The van der Waals surface area contributed by atoms with Gasteiger partial charge >= 0.3 is 12.4 Å². The van der Waals surface area contributed by atoms with Crippen LogP contribution in [0.1, 0.15) is 17.2 Å². The van der Waals surface area contributed by atoms with E-state index in [-0.39, 0.29) is 25.5 Å². The van der Waals surface area contributed by atoms with Crippen molar-refractivity contribution in [1.82, 2.24) is 10.2 Å². The van der Waals surface area contributed by atoms with Gasteiger partial charge in [0.15, 0.2) is 0 Å². The molecule has 132 valence electrons. The second-order valence-corrected chi connectivity index (χ2v) is 5.37. The van der Waals surface area contributed by atoms with Crippen molar-refractivity contribution in [2.24, 2.45) is 0 Å². The number of nitrogens with one attached hydrogen (secondary N) is 1. The van der Waals surface area contributed by atoms with Crippen LogP contribution in [0.3, 0.4) is 0 Å². The van der Waals surface area contributed by atoms with Crippen molar-refractivity contribution in [2.75, 3.05) is 26.2 Å². The summed E-state index contributed by atoms with van der Waals surface area (Å²) >= 11 is 5.46. The molecule has 10 heteroatoms. The largest absolute Gasteiger partial charge is 0.417 e. The highest BCUT2D eigenvalue weighted by molar-refractivity contribution is 6.31. The molecule has 0 unspecified atom stereocenters. The summed E-state index contributed by atoms with van der Waals surface area (Å²) in [6.07, 6.45) is -9.47. The summed E-state index contributed by atoms with van der Waals surface area (Å²) in [6.45, 7) is 0.918. The minimum Gasteiger partial charge on any atom is -0.314 e. The number of piperazine rings is 1. The molecule has 0 amide bonds. The van der Waals surface area contributed by atoms with Gasteiger partial charge in [0.25, 0.3) is 0 Å². The van der Waals surface area contributed by atoms with E-state index in [0.29, 0.717) is 19.2 Å². The number of halogens is 8. The van der Waals surface area contributed by atoms with Gasteiger partial charge in [0.2, 0.25) is 0 Å². The molecule has 1 heterocycles. The van der Waals surface area contributed by atoms with Gasteiger partial charge in [-0.1, -0.05) is 17.7 Å². The van der Waals surface area contributed by atoms with Crippen molar-refractivity contribution >= 4 is 24.0 Å². The third-order valence-corrected chi connectivity index (χ3v) is 3.77. The Labute approximate surface area is 140 Å². The molecule has 1 fully saturated rings. The Bertz CT molecular complexity index is 526. The standard InChI is InChI=1S/C13H13ClF6N2.ClH/c14-10-2-1-8(7-9(10)12(15,16)17)11(13(18,19)20)22-5-3-21-4-6-22;/h1-2,7,11,21H,3-6H2;1H/t11-;/m0./s1. The Kier molecular flexibility index (Phi) is 6.60. The molecule has 1 aromatic carbocycles. The molecule has 1 aromatic rings. The van der Waals surface area contributed by atoms with Gasteiger partial charge in [0.1, 0.15) is 6.04 Å². The molecule has 1 atom stereocenters. The molecule has 0 radical (unpaired) electrons. The van der Waals surface area contributed by atoms with Crippen LogP contribution < -0.4 is 5.32 Å². The lowest BCUT2D eigenvalue weighted by Crippen LogP contribution is -2.49. The zero-order valence-corrected chi connectivity index (χ0v) is 13.2. The third-order valence-electron chi connectivity index (χ3n) is 3.44. The van der Waals surface area contributed by atoms with Crippen molar-refractivity contribution in [2.45, 2.75) is 18.4 Å². The average Bonchev–Trinajstić information content (AvgIpc) is 2.39. The van der Waals surface area contributed by atoms with Crippen LogP contribution in [0.25, 0.3) is 0 Å². The van der Waals surface area contributed by atoms with Gasteiger partial charge in [0.05, 0.1) is 10.6 Å². The Balaban J connectivity index is 0.00000264. The first-order chi connectivity index (χ1) is 10.1. The van der Waals surface area contributed by atoms with Crippen LogP contribution in [0.2, 0.25) is 5.02 Å². The van der Waals surface area contributed by atoms with E-state index in [0.717, 1.165) is 17.0 Å². The maximum Gasteiger partial charge on any atom is 0.417 e. The molecule has 2 rings (SSSR count). The minimum absolute atomic E-state index is 0. The zero-order valence-electron chi connectivity index (χ0n) is 11.6. The number of nitrogens with zero attached hydrogens (tertiary/aromatic N) is 1. The van der Waals surface area contributed by atoms with Crippen molar-refractivity contribution in [1.29, 1.82) is 0 Å². The van der Waals surface area contributed by atoms with Crippen molar-refractivity contribution < 1.29 is 26.3 Å². The number of rotatable bonds is 2. The molecule has 23 heavy (non-hydrogen) atoms. The van der Waals surface area contributed by atoms with Gasteiger partial charge in [-0.3, -0.25) is 4.90 Å². The fourth-order valence-corrected chi connectivity index (χ4v) is 2.70. The molecule has 0 aliphatic carbocycles. The minimum atomic E-state index is -4.80. The summed E-state index contributed by atoms with van der Waals surface area (Å²) in [5.41, 5.74) is -1.71. The van der Waals surface area contributed by atoms with Crippen molar-refractivity contribution in [3.63, 3.8) is 0 Å². The molecular weight excluding hydrogens is 369 g/mol. The average molecular weight is 383 g/mol. The monoisotopic (exact) mass is 382 g/mol. The Hall–Kier alpha value is -0.700. The molecule has 2 nitrogen and oxygen atoms in total. The highest BCUT2D eigenvalue weighted by Gasteiger charge is 2.46. The molecule has 0 bridgehead atoms. The highest BCUT2D eigenvalue weighted by Crippen LogP contribution is 2.41. The number of hydrogen-bond donors (Lipinski definition) is 1. The number of benzene rings is 1. The molecule has 0 spiro atoms. The van der Waals surface area contributed by atoms with E-state index in [9.17, 15) is 26.3 Å². The lowest BCUT2D eigenvalue weighted by atomic mass is 10.0. The van der Waals surface area contributed by atoms with Crippen LogP contribution in [0.5, 0.6) is 0 Å². The fourth-order valence-electron chi connectivity index (χ4n) is 2.48. The van der Waals surface area contributed by atoms with E-state index >= 15 is 0 Å². The van der Waals surface area contributed by atoms with E-state index in [1.54, 1.807) is 0 Å². The van der Waals surface area contributed by atoms with Crippen LogP contribution in [-0.2, 0) is 6.18 Å². The molecular formula is C13H14Cl2F6N2. The van der Waals surface area contributed by atoms with E-state index in [1.807, 2.05) is 0 Å². The summed E-state index contributed by atoms with van der Waals surface area (Å²) in [5.74, 6) is 0. The molecule has 1 N–H and O–H groups in total. The van der Waals surface area contributed by atoms with E-state index < -0.39 is 34.5 Å². The zero-order chi connectivity index (χ0) is 16.5. The molecule has 1 saturated heterocycles. The van der Waals surface area contributed by atoms with Gasteiger partial charge in [-0.25, -0.2) is 0 Å². The summed E-state index contributed by atoms with van der Waals surface area (Å²) in [5, 5.41) is 2.29. The maximum atomic E-state index is 13.3. The fraction of sp³-hybridized carbons (Fsp3) is 0.538. The maximum absolute atomic E-state index is 13.3. The quantitative estimate of drug-likeness (QED) is 0.767. The topological polar surface area (TPSA) is 15.3 Å². The van der Waals surface area contributed by atoms with E-state index in [2.05, 4.69) is 5.32 Å². The number of alkyl halides is 6. The van der Waals surface area contributed by atoms with Gasteiger partial charge in [-0.05, 0) is 17.7 Å². The lowest BCUT2D eigenvalue weighted by Gasteiger charge is -2.36. The SMILES string of the molecule is Cl.FC(F)(F)c1cc([C@H](N2CCNCC2)C(F)(F)F)ccc1Cl. The van der Waals surface area contributed by atoms with Gasteiger partial charge < -0.3 is 5.32 Å². The highest BCUT2D eigenvalue weighted by atomic mass is 35.5. The molecule has 1 aliphatic rings. The second kappa shape index (κ2) is 7.46. The summed E-state index contributed by atoms with van der Waals surface area (Å²) < 4.78 is 78.6. The molecule has 1 aliphatic heterocycles. The first kappa shape index (κ1) is 20.3. The van der Waals surface area contributed by atoms with Gasteiger partial charge in [-0.15, -0.1) is 12.4 Å². The summed E-state index contributed by atoms with van der Waals surface area (Å²) in [4.78, 5) is 1.12. The van der Waals surface area contributed by atoms with Crippen LogP contribution in [-0.4, -0.2) is 37.3 Å². The van der Waals surface area contributed by atoms with Crippen LogP contribution in [0.4, 0.5) is 26.3 Å². The summed E-state index contributed by atoms with van der Waals surface area (Å²) in [6, 6.07) is 0.272. The van der Waals surface area contributed by atoms with Gasteiger partial charge in [-0.2, -0.15) is 26.3 Å². The predicted molar refractivity (Wildman–Crippen MR) is 76.9 cm³/mol. The third kappa shape index (κ3) is 4.89. The number of hydrogen-bond acceptors (Lipinski definition) is 2. The smallest absolute Gasteiger partial charge is 0.314 e. The summed E-state index contributed by atoms with van der Waals surface area (Å²) in [7, 11) is 0.